The Balaban J connectivity index is 1.73. The predicted octanol–water partition coefficient (Wildman–Crippen LogP) is 1.80. The minimum Gasteiger partial charge on any atom is -0.381 e. The highest BCUT2D eigenvalue weighted by atomic mass is 16.5. The lowest BCUT2D eigenvalue weighted by Crippen LogP contribution is -2.29. The first-order valence-corrected chi connectivity index (χ1v) is 8.00. The Morgan fingerprint density at radius 3 is 3.00 bits per heavy atom. The number of aromatic nitrogens is 3. The molecule has 2 aliphatic rings. The molecule has 1 fully saturated rings. The Bertz CT molecular complexity index is 710. The van der Waals surface area contributed by atoms with Gasteiger partial charge in [-0.15, -0.1) is 0 Å². The lowest BCUT2D eigenvalue weighted by molar-refractivity contribution is 0.0480. The molecule has 0 amide bonds. The van der Waals surface area contributed by atoms with Gasteiger partial charge in [0.25, 0.3) is 5.56 Å². The van der Waals surface area contributed by atoms with E-state index in [4.69, 9.17) is 4.74 Å². The van der Waals surface area contributed by atoms with Crippen LogP contribution in [0.15, 0.2) is 17.2 Å². The summed E-state index contributed by atoms with van der Waals surface area (Å²) in [6.45, 7) is 2.39. The second-order valence-corrected chi connectivity index (χ2v) is 6.26. The molecule has 4 rings (SSSR count). The zero-order chi connectivity index (χ0) is 14.2. The molecule has 2 aromatic heterocycles. The molecular weight excluding hydrogens is 266 g/mol. The van der Waals surface area contributed by atoms with Crippen molar-refractivity contribution in [3.63, 3.8) is 0 Å². The minimum absolute atomic E-state index is 0.110. The zero-order valence-corrected chi connectivity index (χ0v) is 12.3. The molecule has 1 saturated heterocycles. The van der Waals surface area contributed by atoms with E-state index in [1.54, 1.807) is 4.52 Å². The normalized spacial score (nSPS) is 22.4. The lowest BCUT2D eigenvalue weighted by atomic mass is 9.97. The van der Waals surface area contributed by atoms with Crippen LogP contribution >= 0.6 is 0 Å². The van der Waals surface area contributed by atoms with Gasteiger partial charge in [-0.25, -0.2) is 4.52 Å². The Hall–Kier alpha value is -1.62. The van der Waals surface area contributed by atoms with Crippen LogP contribution in [0.3, 0.4) is 0 Å². The van der Waals surface area contributed by atoms with E-state index in [9.17, 15) is 4.79 Å². The molecule has 5 nitrogen and oxygen atoms in total. The van der Waals surface area contributed by atoms with Crippen molar-refractivity contribution in [2.45, 2.75) is 45.1 Å². The van der Waals surface area contributed by atoms with Gasteiger partial charge >= 0.3 is 0 Å². The second-order valence-electron chi connectivity index (χ2n) is 6.26. The number of hydrogen-bond donors (Lipinski definition) is 0. The first kappa shape index (κ1) is 13.1. The lowest BCUT2D eigenvalue weighted by Gasteiger charge is -2.22. The van der Waals surface area contributed by atoms with E-state index in [1.165, 1.54) is 18.4 Å². The highest BCUT2D eigenvalue weighted by Crippen LogP contribution is 2.23. The molecule has 0 N–H and O–H groups in total. The number of fused-ring (bicyclic) bond motifs is 3. The molecular formula is C16H21N3O2. The van der Waals surface area contributed by atoms with Crippen molar-refractivity contribution in [3.8, 4) is 0 Å². The van der Waals surface area contributed by atoms with Crippen molar-refractivity contribution in [2.24, 2.45) is 5.92 Å². The van der Waals surface area contributed by atoms with Crippen LogP contribution in [0.25, 0.3) is 5.52 Å². The summed E-state index contributed by atoms with van der Waals surface area (Å²) < 4.78 is 9.16. The fourth-order valence-electron chi connectivity index (χ4n) is 3.63. The van der Waals surface area contributed by atoms with Crippen LogP contribution in [0.1, 0.15) is 36.9 Å². The fourth-order valence-corrected chi connectivity index (χ4v) is 3.63. The molecule has 112 valence electrons. The molecule has 1 atom stereocenters. The van der Waals surface area contributed by atoms with Gasteiger partial charge in [0.15, 0.2) is 0 Å². The Kier molecular flexibility index (Phi) is 3.30. The van der Waals surface area contributed by atoms with Crippen LogP contribution in [0.4, 0.5) is 0 Å². The molecule has 0 radical (unpaired) electrons. The van der Waals surface area contributed by atoms with E-state index in [-0.39, 0.29) is 5.56 Å². The Morgan fingerprint density at radius 2 is 2.14 bits per heavy atom. The van der Waals surface area contributed by atoms with Gasteiger partial charge in [0.2, 0.25) is 0 Å². The molecule has 1 aliphatic heterocycles. The molecule has 0 aromatic carbocycles. The van der Waals surface area contributed by atoms with E-state index < -0.39 is 0 Å². The van der Waals surface area contributed by atoms with Gasteiger partial charge in [0.05, 0.1) is 12.3 Å². The monoisotopic (exact) mass is 287 g/mol. The van der Waals surface area contributed by atoms with Gasteiger partial charge in [-0.3, -0.25) is 4.79 Å². The summed E-state index contributed by atoms with van der Waals surface area (Å²) in [7, 11) is 0. The molecule has 3 heterocycles. The number of nitrogens with zero attached hydrogens (tertiary/aromatic N) is 3. The van der Waals surface area contributed by atoms with Crippen molar-refractivity contribution in [3.05, 3.63) is 34.0 Å². The van der Waals surface area contributed by atoms with Crippen molar-refractivity contribution >= 4 is 5.52 Å². The van der Waals surface area contributed by atoms with Crippen LogP contribution in [0, 0.1) is 5.92 Å². The van der Waals surface area contributed by atoms with Gasteiger partial charge in [0, 0.05) is 37.0 Å². The Labute approximate surface area is 123 Å². The zero-order valence-electron chi connectivity index (χ0n) is 12.3. The third-order valence-electron chi connectivity index (χ3n) is 4.74. The summed E-state index contributed by atoms with van der Waals surface area (Å²) in [5, 5.41) is 4.58. The maximum absolute atomic E-state index is 12.8. The summed E-state index contributed by atoms with van der Waals surface area (Å²) in [5.74, 6) is 0.456. The SMILES string of the molecule is O=c1c2c3c(nn2ccn1CC1CCCOC1)CCCC3. The van der Waals surface area contributed by atoms with E-state index in [2.05, 4.69) is 5.10 Å². The van der Waals surface area contributed by atoms with Crippen LogP contribution in [-0.2, 0) is 24.1 Å². The number of aryl methyl sites for hydroxylation is 2. The first-order valence-electron chi connectivity index (χ1n) is 8.00. The average Bonchev–Trinajstić information content (AvgIpc) is 2.90. The summed E-state index contributed by atoms with van der Waals surface area (Å²) >= 11 is 0. The molecule has 1 unspecified atom stereocenters. The van der Waals surface area contributed by atoms with Gasteiger partial charge < -0.3 is 9.30 Å². The van der Waals surface area contributed by atoms with Crippen molar-refractivity contribution < 1.29 is 4.74 Å². The highest BCUT2D eigenvalue weighted by molar-refractivity contribution is 5.55. The topological polar surface area (TPSA) is 48.5 Å². The maximum Gasteiger partial charge on any atom is 0.276 e. The molecule has 5 heteroatoms. The van der Waals surface area contributed by atoms with E-state index in [0.717, 1.165) is 56.7 Å². The van der Waals surface area contributed by atoms with Crippen LogP contribution < -0.4 is 5.56 Å². The molecule has 21 heavy (non-hydrogen) atoms. The van der Waals surface area contributed by atoms with Crippen molar-refractivity contribution in [1.82, 2.24) is 14.2 Å². The molecule has 0 saturated carbocycles. The van der Waals surface area contributed by atoms with Crippen LogP contribution in [0.5, 0.6) is 0 Å². The number of hydrogen-bond acceptors (Lipinski definition) is 3. The highest BCUT2D eigenvalue weighted by Gasteiger charge is 2.21. The molecule has 0 spiro atoms. The third kappa shape index (κ3) is 2.29. The van der Waals surface area contributed by atoms with Crippen molar-refractivity contribution in [1.29, 1.82) is 0 Å². The van der Waals surface area contributed by atoms with E-state index in [0.29, 0.717) is 5.92 Å². The molecule has 0 bridgehead atoms. The third-order valence-corrected chi connectivity index (χ3v) is 4.74. The largest absolute Gasteiger partial charge is 0.381 e. The molecule has 2 aromatic rings. The smallest absolute Gasteiger partial charge is 0.276 e. The van der Waals surface area contributed by atoms with Gasteiger partial charge in [0.1, 0.15) is 5.52 Å². The van der Waals surface area contributed by atoms with Gasteiger partial charge in [-0.2, -0.15) is 5.10 Å². The summed E-state index contributed by atoms with van der Waals surface area (Å²) in [5.41, 5.74) is 3.21. The maximum atomic E-state index is 12.8. The van der Waals surface area contributed by atoms with Crippen LogP contribution in [0.2, 0.25) is 0 Å². The van der Waals surface area contributed by atoms with Gasteiger partial charge in [-0.1, -0.05) is 0 Å². The summed E-state index contributed by atoms with van der Waals surface area (Å²) in [4.78, 5) is 12.8. The Morgan fingerprint density at radius 1 is 1.24 bits per heavy atom. The standard InChI is InChI=1S/C16H21N3O2/c20-16-15-13-5-1-2-6-14(13)17-19(15)8-7-18(16)10-12-4-3-9-21-11-12/h7-8,12H,1-6,9-11H2. The average molecular weight is 287 g/mol. The van der Waals surface area contributed by atoms with E-state index >= 15 is 0 Å². The van der Waals surface area contributed by atoms with E-state index in [1.807, 2.05) is 17.0 Å². The first-order chi connectivity index (χ1) is 10.3. The number of rotatable bonds is 2. The van der Waals surface area contributed by atoms with Gasteiger partial charge in [-0.05, 0) is 38.5 Å². The quantitative estimate of drug-likeness (QED) is 0.846. The number of ether oxygens (including phenoxy) is 1. The fraction of sp³-hybridized carbons (Fsp3) is 0.625. The second kappa shape index (κ2) is 5.30. The summed E-state index contributed by atoms with van der Waals surface area (Å²) in [6, 6.07) is 0. The summed E-state index contributed by atoms with van der Waals surface area (Å²) in [6.07, 6.45) is 10.4. The van der Waals surface area contributed by atoms with Crippen molar-refractivity contribution in [2.75, 3.05) is 13.2 Å². The van der Waals surface area contributed by atoms with Crippen LogP contribution in [-0.4, -0.2) is 27.4 Å². The predicted molar refractivity (Wildman–Crippen MR) is 79.6 cm³/mol. The minimum atomic E-state index is 0.110. The molecule has 1 aliphatic carbocycles.